The van der Waals surface area contributed by atoms with E-state index in [4.69, 9.17) is 5.11 Å². The molecule has 1 aliphatic rings. The Balaban J connectivity index is 2.05. The number of carbonyl (C=O) groups excluding carboxylic acids is 2. The summed E-state index contributed by atoms with van der Waals surface area (Å²) in [5.74, 6) is -4.68. The molecule has 0 bridgehead atoms. The molecule has 1 heterocycles. The number of benzene rings is 1. The van der Waals surface area contributed by atoms with E-state index in [0.29, 0.717) is 22.5 Å². The molecule has 170 valence electrons. The van der Waals surface area contributed by atoms with E-state index in [9.17, 15) is 29.4 Å². The fourth-order valence-corrected chi connectivity index (χ4v) is 3.59. The van der Waals surface area contributed by atoms with E-state index in [-0.39, 0.29) is 6.54 Å². The third-order valence-electron chi connectivity index (χ3n) is 5.09. The van der Waals surface area contributed by atoms with E-state index >= 15 is 0 Å². The van der Waals surface area contributed by atoms with E-state index in [1.807, 2.05) is 5.32 Å². The zero-order valence-corrected chi connectivity index (χ0v) is 18.5. The van der Waals surface area contributed by atoms with E-state index in [2.05, 4.69) is 21.2 Å². The van der Waals surface area contributed by atoms with E-state index < -0.39 is 52.6 Å². The number of halogens is 1. The minimum absolute atomic E-state index is 0.214. The molecule has 11 heteroatoms. The van der Waals surface area contributed by atoms with Gasteiger partial charge in [-0.2, -0.15) is 0 Å². The first kappa shape index (κ1) is 23.3. The third-order valence-corrected chi connectivity index (χ3v) is 5.86. The van der Waals surface area contributed by atoms with Crippen LogP contribution in [0.3, 0.4) is 0 Å². The summed E-state index contributed by atoms with van der Waals surface area (Å²) >= 11 is 3.34. The average Bonchev–Trinajstić information content (AvgIpc) is 3.55. The highest BCUT2D eigenvalue weighted by Gasteiger charge is 2.30. The van der Waals surface area contributed by atoms with Crippen molar-refractivity contribution in [2.45, 2.75) is 25.8 Å². The van der Waals surface area contributed by atoms with Gasteiger partial charge in [0.1, 0.15) is 17.7 Å². The third kappa shape index (κ3) is 5.28. The fraction of sp³-hybridized carbons (Fsp3) is 0.333. The molecule has 0 unspecified atom stereocenters. The van der Waals surface area contributed by atoms with Crippen molar-refractivity contribution in [2.24, 2.45) is 5.92 Å². The van der Waals surface area contributed by atoms with Crippen LogP contribution in [0.4, 0.5) is 0 Å². The van der Waals surface area contributed by atoms with Gasteiger partial charge in [0, 0.05) is 11.0 Å². The smallest absolute Gasteiger partial charge is 0.322 e. The van der Waals surface area contributed by atoms with Crippen LogP contribution in [0.2, 0.25) is 0 Å². The molecule has 1 saturated carbocycles. The number of aliphatic carboxylic acids is 1. The summed E-state index contributed by atoms with van der Waals surface area (Å²) in [6.07, 6.45) is 2.89. The second-order valence-electron chi connectivity index (χ2n) is 7.47. The normalized spacial score (nSPS) is 12.9. The van der Waals surface area contributed by atoms with Crippen molar-refractivity contribution in [3.63, 3.8) is 0 Å². The van der Waals surface area contributed by atoms with Crippen molar-refractivity contribution in [3.8, 4) is 11.6 Å². The summed E-state index contributed by atoms with van der Waals surface area (Å²) in [7, 11) is 0. The molecule has 0 aliphatic heterocycles. The molecule has 0 spiro atoms. The summed E-state index contributed by atoms with van der Waals surface area (Å²) in [5.41, 5.74) is -1.97. The monoisotopic (exact) mass is 507 g/mol. The Morgan fingerprint density at radius 3 is 2.34 bits per heavy atom. The van der Waals surface area contributed by atoms with Crippen LogP contribution in [0.15, 0.2) is 33.5 Å². The molecule has 2 aromatic rings. The largest absolute Gasteiger partial charge is 0.506 e. The van der Waals surface area contributed by atoms with Crippen LogP contribution in [0.25, 0.3) is 0 Å². The molecular weight excluding hydrogens is 486 g/mol. The van der Waals surface area contributed by atoms with Gasteiger partial charge < -0.3 is 26.0 Å². The van der Waals surface area contributed by atoms with Crippen molar-refractivity contribution in [3.05, 3.63) is 55.8 Å². The molecule has 2 amide bonds. The van der Waals surface area contributed by atoms with Gasteiger partial charge >= 0.3 is 5.97 Å². The van der Waals surface area contributed by atoms with Crippen LogP contribution in [-0.2, 0) is 11.3 Å². The Kier molecular flexibility index (Phi) is 7.18. The number of aromatic hydroxyl groups is 2. The molecule has 1 aliphatic carbocycles. The molecule has 32 heavy (non-hydrogen) atoms. The van der Waals surface area contributed by atoms with Gasteiger partial charge in [0.05, 0.1) is 6.54 Å². The Bertz CT molecular complexity index is 1130. The molecular formula is C21H22BrN3O7. The summed E-state index contributed by atoms with van der Waals surface area (Å²) in [6.45, 7) is -0.716. The first-order valence-corrected chi connectivity index (χ1v) is 10.7. The molecule has 0 radical (unpaired) electrons. The van der Waals surface area contributed by atoms with Gasteiger partial charge in [-0.25, -0.2) is 0 Å². The summed E-state index contributed by atoms with van der Waals surface area (Å²) in [6, 6.07) is 6.83. The average molecular weight is 508 g/mol. The standard InChI is InChI=1S/C21H22BrN3O7/c22-13-4-2-1-3-12(13)10-25-20(31)15(18(29)23-8-7-11-5-6-11)17(28)16(21(25)32)19(30)24-9-14(26)27/h1-4,11,28,31H,5-10H2,(H,23,29)(H,24,30)(H,26,27). The minimum atomic E-state index is -1.36. The maximum absolute atomic E-state index is 13.0. The molecule has 1 aromatic heterocycles. The number of nitrogens with one attached hydrogen (secondary N) is 2. The number of aromatic nitrogens is 1. The predicted octanol–water partition coefficient (Wildman–Crippen LogP) is 1.41. The van der Waals surface area contributed by atoms with E-state index in [1.165, 1.54) is 0 Å². The van der Waals surface area contributed by atoms with Crippen LogP contribution in [0.5, 0.6) is 11.6 Å². The highest BCUT2D eigenvalue weighted by atomic mass is 79.9. The van der Waals surface area contributed by atoms with Crippen molar-refractivity contribution in [1.29, 1.82) is 0 Å². The Hall–Kier alpha value is -3.34. The van der Waals surface area contributed by atoms with Gasteiger partial charge in [-0.15, -0.1) is 0 Å². The summed E-state index contributed by atoms with van der Waals surface area (Å²) in [5, 5.41) is 34.7. The SMILES string of the molecule is O=C(O)CNC(=O)c1c(O)c(C(=O)NCCC2CC2)c(O)n(Cc2ccccc2Br)c1=O. The molecule has 1 fully saturated rings. The highest BCUT2D eigenvalue weighted by molar-refractivity contribution is 9.10. The second kappa shape index (κ2) is 9.86. The van der Waals surface area contributed by atoms with Crippen molar-refractivity contribution >= 4 is 33.7 Å². The number of amides is 2. The maximum Gasteiger partial charge on any atom is 0.322 e. The lowest BCUT2D eigenvalue weighted by molar-refractivity contribution is -0.135. The van der Waals surface area contributed by atoms with Gasteiger partial charge in [-0.1, -0.05) is 47.0 Å². The number of nitrogens with zero attached hydrogens (tertiary/aromatic N) is 1. The van der Waals surface area contributed by atoms with Gasteiger partial charge in [-0.3, -0.25) is 23.7 Å². The van der Waals surface area contributed by atoms with Gasteiger partial charge in [0.2, 0.25) is 5.88 Å². The topological polar surface area (TPSA) is 158 Å². The van der Waals surface area contributed by atoms with Crippen molar-refractivity contribution < 1.29 is 29.7 Å². The first-order valence-electron chi connectivity index (χ1n) is 9.91. The second-order valence-corrected chi connectivity index (χ2v) is 8.32. The molecule has 3 rings (SSSR count). The molecule has 0 atom stereocenters. The number of rotatable bonds is 9. The Labute approximate surface area is 191 Å². The van der Waals surface area contributed by atoms with Crippen molar-refractivity contribution in [1.82, 2.24) is 15.2 Å². The summed E-state index contributed by atoms with van der Waals surface area (Å²) in [4.78, 5) is 49.0. The molecule has 1 aromatic carbocycles. The minimum Gasteiger partial charge on any atom is -0.506 e. The zero-order chi connectivity index (χ0) is 23.4. The molecule has 10 nitrogen and oxygen atoms in total. The van der Waals surface area contributed by atoms with Crippen LogP contribution < -0.4 is 16.2 Å². The number of carbonyl (C=O) groups is 3. The number of hydrogen-bond donors (Lipinski definition) is 5. The van der Waals surface area contributed by atoms with Gasteiger partial charge in [-0.05, 0) is 24.0 Å². The highest BCUT2D eigenvalue weighted by Crippen LogP contribution is 2.32. The van der Waals surface area contributed by atoms with Gasteiger partial charge in [0.25, 0.3) is 17.4 Å². The van der Waals surface area contributed by atoms with Crippen molar-refractivity contribution in [2.75, 3.05) is 13.1 Å². The quantitative estimate of drug-likeness (QED) is 0.343. The lowest BCUT2D eigenvalue weighted by atomic mass is 10.1. The predicted molar refractivity (Wildman–Crippen MR) is 117 cm³/mol. The van der Waals surface area contributed by atoms with Crippen LogP contribution >= 0.6 is 15.9 Å². The van der Waals surface area contributed by atoms with Crippen LogP contribution in [0, 0.1) is 5.92 Å². The Morgan fingerprint density at radius 2 is 1.72 bits per heavy atom. The lowest BCUT2D eigenvalue weighted by Gasteiger charge is -2.17. The van der Waals surface area contributed by atoms with Crippen LogP contribution in [-0.4, -0.2) is 50.8 Å². The Morgan fingerprint density at radius 1 is 1.06 bits per heavy atom. The zero-order valence-electron chi connectivity index (χ0n) is 16.9. The lowest BCUT2D eigenvalue weighted by Crippen LogP contribution is -2.37. The number of hydrogen-bond acceptors (Lipinski definition) is 6. The number of carboxylic acid groups (broad SMARTS) is 1. The van der Waals surface area contributed by atoms with E-state index in [1.54, 1.807) is 24.3 Å². The fourth-order valence-electron chi connectivity index (χ4n) is 3.18. The summed E-state index contributed by atoms with van der Waals surface area (Å²) < 4.78 is 1.40. The maximum atomic E-state index is 13.0. The number of carboxylic acids is 1. The molecule has 5 N–H and O–H groups in total. The van der Waals surface area contributed by atoms with Crippen LogP contribution in [0.1, 0.15) is 45.5 Å². The first-order chi connectivity index (χ1) is 15.2. The number of pyridine rings is 1. The van der Waals surface area contributed by atoms with E-state index in [0.717, 1.165) is 23.8 Å². The molecule has 0 saturated heterocycles. The van der Waals surface area contributed by atoms with Gasteiger partial charge in [0.15, 0.2) is 5.75 Å².